The van der Waals surface area contributed by atoms with Gasteiger partial charge in [-0.05, 0) is 55.8 Å². The van der Waals surface area contributed by atoms with E-state index in [9.17, 15) is 9.18 Å². The fourth-order valence-corrected chi connectivity index (χ4v) is 3.99. The summed E-state index contributed by atoms with van der Waals surface area (Å²) >= 11 is 0. The zero-order chi connectivity index (χ0) is 23.9. The fourth-order valence-electron chi connectivity index (χ4n) is 3.99. The van der Waals surface area contributed by atoms with Gasteiger partial charge in [0.1, 0.15) is 11.6 Å². The Hall–Kier alpha value is -3.46. The zero-order valence-electron chi connectivity index (χ0n) is 19.8. The maximum atomic E-state index is 13.4. The number of aryl methyl sites for hydroxylation is 1. The van der Waals surface area contributed by atoms with Crippen LogP contribution in [0.3, 0.4) is 0 Å². The maximum Gasteiger partial charge on any atom is 0.317 e. The van der Waals surface area contributed by atoms with Crippen LogP contribution in [0.1, 0.15) is 17.7 Å². The number of urea groups is 1. The third-order valence-electron chi connectivity index (χ3n) is 6.12. The van der Waals surface area contributed by atoms with Crippen molar-refractivity contribution in [1.82, 2.24) is 30.3 Å². The van der Waals surface area contributed by atoms with Gasteiger partial charge in [0.25, 0.3) is 0 Å². The number of anilines is 1. The van der Waals surface area contributed by atoms with Crippen molar-refractivity contribution >= 4 is 11.8 Å². The molecule has 3 heterocycles. The number of aromatic amines is 1. The van der Waals surface area contributed by atoms with Gasteiger partial charge in [0.2, 0.25) is 0 Å². The molecule has 0 aliphatic carbocycles. The summed E-state index contributed by atoms with van der Waals surface area (Å²) in [6.45, 7) is 5.05. The van der Waals surface area contributed by atoms with Gasteiger partial charge in [-0.25, -0.2) is 14.2 Å². The van der Waals surface area contributed by atoms with E-state index in [2.05, 4.69) is 43.4 Å². The van der Waals surface area contributed by atoms with Gasteiger partial charge in [0.05, 0.1) is 5.69 Å². The molecule has 1 aliphatic heterocycles. The molecule has 180 valence electrons. The van der Waals surface area contributed by atoms with Crippen LogP contribution >= 0.6 is 0 Å². The lowest BCUT2D eigenvalue weighted by molar-refractivity contribution is 0.208. The number of H-pyrrole nitrogens is 1. The minimum absolute atomic E-state index is 0.108. The van der Waals surface area contributed by atoms with E-state index in [-0.39, 0.29) is 11.8 Å². The molecular weight excluding hydrogens is 433 g/mol. The smallest absolute Gasteiger partial charge is 0.317 e. The molecule has 1 saturated heterocycles. The van der Waals surface area contributed by atoms with Crippen LogP contribution < -0.4 is 10.2 Å². The normalized spacial score (nSPS) is 14.3. The van der Waals surface area contributed by atoms with Crippen molar-refractivity contribution in [2.24, 2.45) is 0 Å². The number of carbonyl (C=O) groups excluding carboxylic acids is 1. The Balaban J connectivity index is 1.21. The second kappa shape index (κ2) is 11.1. The molecule has 2 aromatic heterocycles. The number of hydrogen-bond donors (Lipinski definition) is 2. The highest BCUT2D eigenvalue weighted by molar-refractivity contribution is 5.73. The molecule has 8 nitrogen and oxygen atoms in total. The summed E-state index contributed by atoms with van der Waals surface area (Å²) in [5, 5.41) is 10.3. The Morgan fingerprint density at radius 1 is 1.18 bits per heavy atom. The lowest BCUT2D eigenvalue weighted by Crippen LogP contribution is -2.44. The van der Waals surface area contributed by atoms with Crippen LogP contribution in [-0.4, -0.2) is 77.8 Å². The Morgan fingerprint density at radius 3 is 2.79 bits per heavy atom. The van der Waals surface area contributed by atoms with Gasteiger partial charge in [-0.1, -0.05) is 12.1 Å². The van der Waals surface area contributed by atoms with Crippen molar-refractivity contribution in [3.8, 4) is 11.3 Å². The standard InChI is InChI=1S/C25H32FN7O/c1-31-11-13-33(14-12-31)24-15-19(8-9-27-24)18-28-25(34)32(2)10-4-7-22-17-23(30-29-22)20-5-3-6-21(26)16-20/h3,5-6,8-9,15-17H,4,7,10-14,18H2,1-2H3,(H,28,34)(H,29,30). The summed E-state index contributed by atoms with van der Waals surface area (Å²) in [5.74, 6) is 0.683. The summed E-state index contributed by atoms with van der Waals surface area (Å²) in [6.07, 6.45) is 3.34. The molecule has 0 radical (unpaired) electrons. The molecule has 2 amide bonds. The average molecular weight is 466 g/mol. The topological polar surface area (TPSA) is 80.4 Å². The van der Waals surface area contributed by atoms with Crippen LogP contribution in [0.5, 0.6) is 0 Å². The first-order valence-corrected chi connectivity index (χ1v) is 11.7. The SMILES string of the molecule is CN1CCN(c2cc(CNC(=O)N(C)CCCc3cc(-c4cccc(F)c4)n[nH]3)ccn2)CC1. The highest BCUT2D eigenvalue weighted by Crippen LogP contribution is 2.19. The Morgan fingerprint density at radius 2 is 2.00 bits per heavy atom. The number of nitrogens with one attached hydrogen (secondary N) is 2. The zero-order valence-corrected chi connectivity index (χ0v) is 19.8. The molecule has 9 heteroatoms. The summed E-state index contributed by atoms with van der Waals surface area (Å²) in [5.41, 5.74) is 3.45. The van der Waals surface area contributed by atoms with Crippen LogP contribution in [-0.2, 0) is 13.0 Å². The molecule has 0 atom stereocenters. The first-order chi connectivity index (χ1) is 16.5. The summed E-state index contributed by atoms with van der Waals surface area (Å²) in [6, 6.07) is 12.2. The highest BCUT2D eigenvalue weighted by atomic mass is 19.1. The fraction of sp³-hybridized carbons (Fsp3) is 0.400. The van der Waals surface area contributed by atoms with E-state index in [1.54, 1.807) is 24.2 Å². The molecule has 0 unspecified atom stereocenters. The lowest BCUT2D eigenvalue weighted by Gasteiger charge is -2.33. The van der Waals surface area contributed by atoms with Crippen LogP contribution in [0, 0.1) is 5.82 Å². The number of hydrogen-bond acceptors (Lipinski definition) is 5. The molecule has 4 rings (SSSR count). The van der Waals surface area contributed by atoms with Crippen LogP contribution in [0.25, 0.3) is 11.3 Å². The Kier molecular flexibility index (Phi) is 7.74. The average Bonchev–Trinajstić information content (AvgIpc) is 3.32. The number of rotatable bonds is 8. The monoisotopic (exact) mass is 465 g/mol. The van der Waals surface area contributed by atoms with Crippen LogP contribution in [0.4, 0.5) is 15.0 Å². The van der Waals surface area contributed by atoms with E-state index >= 15 is 0 Å². The summed E-state index contributed by atoms with van der Waals surface area (Å²) in [7, 11) is 3.93. The molecule has 1 aromatic carbocycles. The predicted octanol–water partition coefficient (Wildman–Crippen LogP) is 3.14. The lowest BCUT2D eigenvalue weighted by atomic mass is 10.1. The predicted molar refractivity (Wildman–Crippen MR) is 131 cm³/mol. The minimum Gasteiger partial charge on any atom is -0.354 e. The van der Waals surface area contributed by atoms with E-state index in [1.165, 1.54) is 12.1 Å². The van der Waals surface area contributed by atoms with Crippen molar-refractivity contribution in [2.45, 2.75) is 19.4 Å². The van der Waals surface area contributed by atoms with E-state index in [1.807, 2.05) is 18.2 Å². The third-order valence-corrected chi connectivity index (χ3v) is 6.12. The van der Waals surface area contributed by atoms with Crippen molar-refractivity contribution in [3.63, 3.8) is 0 Å². The number of halogens is 1. The molecule has 0 saturated carbocycles. The van der Waals surface area contributed by atoms with Gasteiger partial charge >= 0.3 is 6.03 Å². The second-order valence-electron chi connectivity index (χ2n) is 8.79. The number of nitrogens with zero attached hydrogens (tertiary/aromatic N) is 5. The molecule has 2 N–H and O–H groups in total. The van der Waals surface area contributed by atoms with Crippen LogP contribution in [0.2, 0.25) is 0 Å². The van der Waals surface area contributed by atoms with Crippen molar-refractivity contribution < 1.29 is 9.18 Å². The van der Waals surface area contributed by atoms with E-state index in [0.717, 1.165) is 61.7 Å². The summed E-state index contributed by atoms with van der Waals surface area (Å²) in [4.78, 5) is 23.3. The van der Waals surface area contributed by atoms with Gasteiger partial charge in [-0.3, -0.25) is 5.10 Å². The van der Waals surface area contributed by atoms with E-state index < -0.39 is 0 Å². The second-order valence-corrected chi connectivity index (χ2v) is 8.79. The molecule has 0 bridgehead atoms. The molecule has 1 aliphatic rings. The minimum atomic E-state index is -0.281. The number of likely N-dealkylation sites (N-methyl/N-ethyl adjacent to an activating group) is 1. The Bertz CT molecular complexity index is 1090. The number of carbonyl (C=O) groups is 1. The number of piperazine rings is 1. The van der Waals surface area contributed by atoms with Crippen molar-refractivity contribution in [2.75, 3.05) is 51.7 Å². The van der Waals surface area contributed by atoms with Gasteiger partial charge in [0, 0.05) is 63.8 Å². The molecule has 3 aromatic rings. The van der Waals surface area contributed by atoms with Crippen LogP contribution in [0.15, 0.2) is 48.7 Å². The van der Waals surface area contributed by atoms with Gasteiger partial charge in [0.15, 0.2) is 0 Å². The molecule has 1 fully saturated rings. The first-order valence-electron chi connectivity index (χ1n) is 11.7. The van der Waals surface area contributed by atoms with Gasteiger partial charge in [-0.15, -0.1) is 0 Å². The molecule has 0 spiro atoms. The van der Waals surface area contributed by atoms with Crippen molar-refractivity contribution in [1.29, 1.82) is 0 Å². The quantitative estimate of drug-likeness (QED) is 0.534. The largest absolute Gasteiger partial charge is 0.354 e. The number of pyridine rings is 1. The van der Waals surface area contributed by atoms with E-state index in [0.29, 0.717) is 18.8 Å². The van der Waals surface area contributed by atoms with Gasteiger partial charge in [-0.2, -0.15) is 5.10 Å². The number of amides is 2. The molecular formula is C25H32FN7O. The van der Waals surface area contributed by atoms with Gasteiger partial charge < -0.3 is 20.0 Å². The van der Waals surface area contributed by atoms with E-state index in [4.69, 9.17) is 0 Å². The first kappa shape index (κ1) is 23.7. The third kappa shape index (κ3) is 6.32. The maximum absolute atomic E-state index is 13.4. The summed E-state index contributed by atoms with van der Waals surface area (Å²) < 4.78 is 13.4. The number of benzene rings is 1. The van der Waals surface area contributed by atoms with Crippen molar-refractivity contribution in [3.05, 3.63) is 65.7 Å². The Labute approximate surface area is 199 Å². The molecule has 34 heavy (non-hydrogen) atoms. The number of aromatic nitrogens is 3. The highest BCUT2D eigenvalue weighted by Gasteiger charge is 2.16.